The summed E-state index contributed by atoms with van der Waals surface area (Å²) in [5.41, 5.74) is 5.45. The van der Waals surface area contributed by atoms with E-state index in [9.17, 15) is 19.8 Å². The summed E-state index contributed by atoms with van der Waals surface area (Å²) < 4.78 is 0. The zero-order valence-electron chi connectivity index (χ0n) is 12.8. The lowest BCUT2D eigenvalue weighted by molar-refractivity contribution is -0.137. The quantitative estimate of drug-likeness (QED) is 0.388. The Morgan fingerprint density at radius 1 is 1.59 bits per heavy atom. The van der Waals surface area contributed by atoms with Gasteiger partial charge < -0.3 is 31.1 Å². The van der Waals surface area contributed by atoms with Crippen LogP contribution in [0.4, 0.5) is 0 Å². The first kappa shape index (κ1) is 18.1. The lowest BCUT2D eigenvalue weighted by Gasteiger charge is -2.30. The van der Waals surface area contributed by atoms with Crippen molar-refractivity contribution in [1.82, 2.24) is 15.1 Å². The van der Waals surface area contributed by atoms with E-state index < -0.39 is 6.35 Å². The highest BCUT2D eigenvalue weighted by molar-refractivity contribution is 5.92. The van der Waals surface area contributed by atoms with E-state index in [2.05, 4.69) is 10.3 Å². The van der Waals surface area contributed by atoms with Crippen LogP contribution in [0.1, 0.15) is 6.92 Å². The lowest BCUT2D eigenvalue weighted by atomic mass is 10.2. The van der Waals surface area contributed by atoms with Crippen LogP contribution >= 0.6 is 0 Å². The maximum atomic E-state index is 12.3. The average molecular weight is 313 g/mol. The monoisotopic (exact) mass is 313 g/mol. The van der Waals surface area contributed by atoms with Crippen molar-refractivity contribution >= 4 is 17.5 Å². The van der Waals surface area contributed by atoms with Crippen LogP contribution in [-0.4, -0.2) is 83.2 Å². The average Bonchev–Trinajstić information content (AvgIpc) is 2.45. The topological polar surface area (TPSA) is 131 Å². The Kier molecular flexibility index (Phi) is 6.96. The lowest BCUT2D eigenvalue weighted by Crippen LogP contribution is -2.50. The van der Waals surface area contributed by atoms with Crippen LogP contribution in [0.25, 0.3) is 0 Å². The molecule has 0 radical (unpaired) electrons. The van der Waals surface area contributed by atoms with Crippen LogP contribution in [0.15, 0.2) is 17.3 Å². The zero-order chi connectivity index (χ0) is 16.7. The molecule has 9 nitrogen and oxygen atoms in total. The van der Waals surface area contributed by atoms with Gasteiger partial charge in [-0.25, -0.2) is 4.99 Å². The number of aliphatic hydroxyl groups is 2. The molecule has 0 aromatic rings. The zero-order valence-corrected chi connectivity index (χ0v) is 12.8. The number of Topliss-reactive ketones (excluding diaryl/α,β-unsaturated/α-hetero) is 1. The highest BCUT2D eigenvalue weighted by Crippen LogP contribution is 2.06. The maximum Gasteiger partial charge on any atom is 0.242 e. The molecule has 0 aromatic carbocycles. The van der Waals surface area contributed by atoms with Crippen LogP contribution in [0.2, 0.25) is 0 Å². The van der Waals surface area contributed by atoms with Gasteiger partial charge in [-0.05, 0) is 20.0 Å². The van der Waals surface area contributed by atoms with E-state index in [0.29, 0.717) is 0 Å². The maximum absolute atomic E-state index is 12.3. The van der Waals surface area contributed by atoms with Gasteiger partial charge >= 0.3 is 0 Å². The van der Waals surface area contributed by atoms with Crippen molar-refractivity contribution in [3.8, 4) is 0 Å². The molecular weight excluding hydrogens is 290 g/mol. The molecule has 124 valence electrons. The molecule has 1 rings (SSSR count). The summed E-state index contributed by atoms with van der Waals surface area (Å²) in [5.74, 6) is -0.353. The number of ketones is 1. The van der Waals surface area contributed by atoms with Crippen LogP contribution in [0.3, 0.4) is 0 Å². The molecule has 1 unspecified atom stereocenters. The van der Waals surface area contributed by atoms with Crippen LogP contribution in [0.5, 0.6) is 0 Å². The predicted octanol–water partition coefficient (Wildman–Crippen LogP) is -2.55. The van der Waals surface area contributed by atoms with E-state index >= 15 is 0 Å². The van der Waals surface area contributed by atoms with Crippen LogP contribution in [0, 0.1) is 0 Å². The van der Waals surface area contributed by atoms with Gasteiger partial charge in [-0.3, -0.25) is 9.59 Å². The Hall–Kier alpha value is -1.97. The minimum absolute atomic E-state index is 0.0595. The second kappa shape index (κ2) is 8.47. The van der Waals surface area contributed by atoms with Crippen molar-refractivity contribution in [1.29, 1.82) is 0 Å². The summed E-state index contributed by atoms with van der Waals surface area (Å²) in [5, 5.41) is 21.8. The first-order valence-electron chi connectivity index (χ1n) is 6.88. The number of nitrogens with zero attached hydrogens (tertiary/aromatic N) is 3. The number of nitrogens with two attached hydrogens (primary N) is 1. The largest absolute Gasteiger partial charge is 0.395 e. The molecule has 0 bridgehead atoms. The molecule has 22 heavy (non-hydrogen) atoms. The molecule has 1 aliphatic heterocycles. The first-order valence-corrected chi connectivity index (χ1v) is 6.88. The van der Waals surface area contributed by atoms with Gasteiger partial charge in [-0.15, -0.1) is 0 Å². The number of likely N-dealkylation sites (N-methyl/N-ethyl adjacent to an activating group) is 1. The van der Waals surface area contributed by atoms with Crippen molar-refractivity contribution in [3.63, 3.8) is 0 Å². The Balaban J connectivity index is 2.71. The number of nitrogens with one attached hydrogen (secondary N) is 1. The standard InChI is InChI=1S/C13H23N5O4/c1-9(20)5-18(6-10(8-19)15-2)12(21)7-17-4-3-11(14)16-13(17)22/h3-4,10,13,15,19,22H,5-8H2,1-2H3,(H2,14,16)/t10-,13?/m1/s1. The molecule has 1 amide bonds. The number of rotatable bonds is 8. The number of amidine groups is 1. The van der Waals surface area contributed by atoms with Crippen LogP contribution in [-0.2, 0) is 9.59 Å². The van der Waals surface area contributed by atoms with Crippen molar-refractivity contribution in [2.24, 2.45) is 10.7 Å². The molecule has 5 N–H and O–H groups in total. The third-order valence-corrected chi connectivity index (χ3v) is 3.15. The second-order valence-corrected chi connectivity index (χ2v) is 5.03. The van der Waals surface area contributed by atoms with Gasteiger partial charge in [0.15, 0.2) is 0 Å². The van der Waals surface area contributed by atoms with Crippen molar-refractivity contribution in [3.05, 3.63) is 12.3 Å². The molecule has 0 spiro atoms. The fraction of sp³-hybridized carbons (Fsp3) is 0.615. The third kappa shape index (κ3) is 5.43. The van der Waals surface area contributed by atoms with E-state index in [1.54, 1.807) is 7.05 Å². The smallest absolute Gasteiger partial charge is 0.242 e. The highest BCUT2D eigenvalue weighted by Gasteiger charge is 2.24. The Labute approximate surface area is 129 Å². The summed E-state index contributed by atoms with van der Waals surface area (Å²) in [4.78, 5) is 30.0. The molecule has 0 aliphatic carbocycles. The fourth-order valence-electron chi connectivity index (χ4n) is 1.92. The molecule has 1 heterocycles. The summed E-state index contributed by atoms with van der Waals surface area (Å²) in [6, 6.07) is -0.334. The summed E-state index contributed by atoms with van der Waals surface area (Å²) >= 11 is 0. The van der Waals surface area contributed by atoms with Crippen LogP contribution < -0.4 is 11.1 Å². The Morgan fingerprint density at radius 2 is 2.27 bits per heavy atom. The second-order valence-electron chi connectivity index (χ2n) is 5.03. The highest BCUT2D eigenvalue weighted by atomic mass is 16.3. The Bertz CT molecular complexity index is 461. The van der Waals surface area contributed by atoms with E-state index in [1.807, 2.05) is 0 Å². The number of hydrogen-bond acceptors (Lipinski definition) is 8. The number of carbonyl (C=O) groups is 2. The number of hydrogen-bond donors (Lipinski definition) is 4. The molecule has 0 saturated carbocycles. The normalized spacial score (nSPS) is 18.8. The summed E-state index contributed by atoms with van der Waals surface area (Å²) in [6.45, 7) is 1.20. The predicted molar refractivity (Wildman–Crippen MR) is 80.7 cm³/mol. The first-order chi connectivity index (χ1) is 10.4. The minimum Gasteiger partial charge on any atom is -0.395 e. The Morgan fingerprint density at radius 3 is 2.77 bits per heavy atom. The molecule has 0 saturated heterocycles. The van der Waals surface area contributed by atoms with E-state index in [0.717, 1.165) is 0 Å². The molecular formula is C13H23N5O4. The molecule has 0 aromatic heterocycles. The van der Waals surface area contributed by atoms with Gasteiger partial charge in [0.1, 0.15) is 18.2 Å². The van der Waals surface area contributed by atoms with E-state index in [1.165, 1.54) is 29.0 Å². The van der Waals surface area contributed by atoms with Crippen molar-refractivity contribution in [2.45, 2.75) is 19.3 Å². The van der Waals surface area contributed by atoms with Gasteiger partial charge in [-0.1, -0.05) is 0 Å². The van der Waals surface area contributed by atoms with E-state index in [4.69, 9.17) is 5.73 Å². The number of aliphatic hydroxyl groups excluding tert-OH is 2. The number of aliphatic imine (C=N–C) groups is 1. The molecule has 0 fully saturated rings. The molecule has 2 atom stereocenters. The summed E-state index contributed by atoms with van der Waals surface area (Å²) in [7, 11) is 1.66. The minimum atomic E-state index is -1.23. The van der Waals surface area contributed by atoms with Crippen molar-refractivity contribution in [2.75, 3.05) is 33.3 Å². The third-order valence-electron chi connectivity index (χ3n) is 3.15. The van der Waals surface area contributed by atoms with Gasteiger partial charge in [0, 0.05) is 18.8 Å². The molecule has 9 heteroatoms. The van der Waals surface area contributed by atoms with Gasteiger partial charge in [0.2, 0.25) is 12.3 Å². The van der Waals surface area contributed by atoms with Gasteiger partial charge in [0.25, 0.3) is 0 Å². The van der Waals surface area contributed by atoms with Crippen molar-refractivity contribution < 1.29 is 19.8 Å². The fourth-order valence-corrected chi connectivity index (χ4v) is 1.92. The molecule has 1 aliphatic rings. The summed E-state index contributed by atoms with van der Waals surface area (Å²) in [6.07, 6.45) is 1.71. The van der Waals surface area contributed by atoms with Gasteiger partial charge in [0.05, 0.1) is 13.2 Å². The SMILES string of the molecule is CN[C@@H](CO)CN(CC(C)=O)C(=O)CN1C=CC(N)=NC1O. The van der Waals surface area contributed by atoms with Gasteiger partial charge in [-0.2, -0.15) is 0 Å². The number of carbonyl (C=O) groups excluding carboxylic acids is 2. The van der Waals surface area contributed by atoms with E-state index in [-0.39, 0.29) is 49.8 Å². The number of amides is 1.